The maximum Gasteiger partial charge on any atom is 0.275 e. The number of nitrogens with one attached hydrogen (secondary N) is 1. The highest BCUT2D eigenvalue weighted by atomic mass is 35.5. The Morgan fingerprint density at radius 3 is 2.75 bits per heavy atom. The molecule has 0 unspecified atom stereocenters. The van der Waals surface area contributed by atoms with E-state index in [1.807, 2.05) is 18.2 Å². The molecule has 6 nitrogen and oxygen atoms in total. The molecule has 0 aliphatic heterocycles. The summed E-state index contributed by atoms with van der Waals surface area (Å²) in [5.41, 5.74) is 1.57. The number of carbonyl (C=O) groups is 1. The van der Waals surface area contributed by atoms with E-state index in [2.05, 4.69) is 20.3 Å². The molecule has 1 aromatic carbocycles. The molecule has 0 saturated carbocycles. The van der Waals surface area contributed by atoms with Crippen LogP contribution in [0.2, 0.25) is 5.02 Å². The minimum atomic E-state index is -0.360. The fraction of sp³-hybridized carbons (Fsp3) is 0.0588. The van der Waals surface area contributed by atoms with Gasteiger partial charge in [-0.05, 0) is 30.3 Å². The summed E-state index contributed by atoms with van der Waals surface area (Å²) in [6.07, 6.45) is 6.05. The molecule has 0 saturated heterocycles. The number of halogens is 1. The van der Waals surface area contributed by atoms with Gasteiger partial charge in [-0.3, -0.25) is 14.8 Å². The van der Waals surface area contributed by atoms with E-state index in [0.29, 0.717) is 23.1 Å². The molecule has 0 bridgehead atoms. The van der Waals surface area contributed by atoms with Gasteiger partial charge in [0, 0.05) is 24.3 Å². The number of carbonyl (C=O) groups excluding carboxylic acids is 1. The van der Waals surface area contributed by atoms with Crippen molar-refractivity contribution in [2.75, 3.05) is 5.32 Å². The molecule has 3 aromatic rings. The van der Waals surface area contributed by atoms with Gasteiger partial charge in [0.15, 0.2) is 0 Å². The Hall–Kier alpha value is -2.99. The van der Waals surface area contributed by atoms with Crippen molar-refractivity contribution >= 4 is 23.2 Å². The summed E-state index contributed by atoms with van der Waals surface area (Å²) >= 11 is 6.20. The van der Waals surface area contributed by atoms with Crippen LogP contribution < -0.4 is 10.1 Å². The number of amides is 1. The second-order valence-corrected chi connectivity index (χ2v) is 5.21. The highest BCUT2D eigenvalue weighted by Crippen LogP contribution is 2.28. The number of pyridine rings is 1. The van der Waals surface area contributed by atoms with E-state index in [1.165, 1.54) is 18.6 Å². The van der Waals surface area contributed by atoms with Crippen LogP contribution in [0.25, 0.3) is 0 Å². The first kappa shape index (κ1) is 15.9. The number of rotatable bonds is 5. The summed E-state index contributed by atoms with van der Waals surface area (Å²) in [4.78, 5) is 24.0. The zero-order valence-corrected chi connectivity index (χ0v) is 13.3. The van der Waals surface area contributed by atoms with Crippen LogP contribution in [-0.4, -0.2) is 20.9 Å². The predicted molar refractivity (Wildman–Crippen MR) is 90.0 cm³/mol. The second-order valence-electron chi connectivity index (χ2n) is 4.80. The van der Waals surface area contributed by atoms with Crippen molar-refractivity contribution in [2.45, 2.75) is 6.61 Å². The first-order valence-corrected chi connectivity index (χ1v) is 7.50. The third-order valence-corrected chi connectivity index (χ3v) is 3.38. The lowest BCUT2D eigenvalue weighted by atomic mass is 10.3. The molecule has 0 fully saturated rings. The molecule has 0 atom stereocenters. The molecule has 3 rings (SSSR count). The van der Waals surface area contributed by atoms with Crippen molar-refractivity contribution in [3.8, 4) is 5.75 Å². The first-order chi connectivity index (χ1) is 11.7. The van der Waals surface area contributed by atoms with Gasteiger partial charge in [0.1, 0.15) is 18.1 Å². The molecule has 0 spiro atoms. The molecule has 2 heterocycles. The van der Waals surface area contributed by atoms with Gasteiger partial charge in [0.05, 0.1) is 16.9 Å². The van der Waals surface area contributed by atoms with Gasteiger partial charge < -0.3 is 10.1 Å². The molecular formula is C17H13ClN4O2. The normalized spacial score (nSPS) is 10.2. The number of benzene rings is 1. The highest BCUT2D eigenvalue weighted by molar-refractivity contribution is 6.32. The van der Waals surface area contributed by atoms with Crippen LogP contribution >= 0.6 is 11.6 Å². The zero-order chi connectivity index (χ0) is 16.8. The molecule has 7 heteroatoms. The largest absolute Gasteiger partial charge is 0.486 e. The summed E-state index contributed by atoms with van der Waals surface area (Å²) in [7, 11) is 0. The van der Waals surface area contributed by atoms with Crippen LogP contribution in [-0.2, 0) is 6.61 Å². The fourth-order valence-corrected chi connectivity index (χ4v) is 2.18. The van der Waals surface area contributed by atoms with Crippen molar-refractivity contribution in [1.29, 1.82) is 0 Å². The minimum absolute atomic E-state index is 0.226. The number of aromatic nitrogens is 3. The van der Waals surface area contributed by atoms with Crippen LogP contribution in [0.3, 0.4) is 0 Å². The van der Waals surface area contributed by atoms with Crippen LogP contribution in [0.1, 0.15) is 16.2 Å². The van der Waals surface area contributed by atoms with Gasteiger partial charge in [-0.1, -0.05) is 17.7 Å². The molecule has 0 radical (unpaired) electrons. The molecule has 0 aliphatic carbocycles. The highest BCUT2D eigenvalue weighted by Gasteiger charge is 2.09. The maximum absolute atomic E-state index is 12.0. The molecule has 0 aliphatic rings. The van der Waals surface area contributed by atoms with Crippen LogP contribution in [0, 0.1) is 0 Å². The van der Waals surface area contributed by atoms with Crippen molar-refractivity contribution in [3.05, 3.63) is 77.6 Å². The van der Waals surface area contributed by atoms with Crippen molar-refractivity contribution in [2.24, 2.45) is 0 Å². The van der Waals surface area contributed by atoms with Gasteiger partial charge in [0.2, 0.25) is 0 Å². The van der Waals surface area contributed by atoms with E-state index < -0.39 is 0 Å². The Morgan fingerprint density at radius 1 is 1.12 bits per heavy atom. The zero-order valence-electron chi connectivity index (χ0n) is 12.5. The van der Waals surface area contributed by atoms with Crippen molar-refractivity contribution in [1.82, 2.24) is 15.0 Å². The van der Waals surface area contributed by atoms with Crippen LogP contribution in [0.4, 0.5) is 5.69 Å². The topological polar surface area (TPSA) is 77.0 Å². The monoisotopic (exact) mass is 340 g/mol. The van der Waals surface area contributed by atoms with Crippen molar-refractivity contribution in [3.63, 3.8) is 0 Å². The molecule has 24 heavy (non-hydrogen) atoms. The summed E-state index contributed by atoms with van der Waals surface area (Å²) < 4.78 is 5.64. The van der Waals surface area contributed by atoms with Gasteiger partial charge in [-0.25, -0.2) is 4.98 Å². The SMILES string of the molecule is O=C(Nc1ccc(OCc2ccccn2)c(Cl)c1)c1cnccn1. The Bertz CT molecular complexity index is 829. The Labute approximate surface area is 143 Å². The fourth-order valence-electron chi connectivity index (χ4n) is 1.94. The summed E-state index contributed by atoms with van der Waals surface area (Å²) in [5.74, 6) is 0.154. The number of hydrogen-bond acceptors (Lipinski definition) is 5. The van der Waals surface area contributed by atoms with Gasteiger partial charge in [-0.2, -0.15) is 0 Å². The average molecular weight is 341 g/mol. The van der Waals surface area contributed by atoms with E-state index in [1.54, 1.807) is 24.4 Å². The third kappa shape index (κ3) is 4.05. The number of anilines is 1. The van der Waals surface area contributed by atoms with Gasteiger partial charge in [0.25, 0.3) is 5.91 Å². The van der Waals surface area contributed by atoms with E-state index in [9.17, 15) is 4.79 Å². The van der Waals surface area contributed by atoms with Gasteiger partial charge in [-0.15, -0.1) is 0 Å². The van der Waals surface area contributed by atoms with E-state index in [-0.39, 0.29) is 11.6 Å². The summed E-state index contributed by atoms with van der Waals surface area (Å²) in [5, 5.41) is 3.10. The third-order valence-electron chi connectivity index (χ3n) is 3.09. The number of ether oxygens (including phenoxy) is 1. The quantitative estimate of drug-likeness (QED) is 0.770. The minimum Gasteiger partial charge on any atom is -0.486 e. The Balaban J connectivity index is 1.65. The lowest BCUT2D eigenvalue weighted by molar-refractivity contribution is 0.102. The lowest BCUT2D eigenvalue weighted by Gasteiger charge is -2.10. The Morgan fingerprint density at radius 2 is 2.04 bits per heavy atom. The smallest absolute Gasteiger partial charge is 0.275 e. The average Bonchev–Trinajstić information content (AvgIpc) is 2.62. The molecule has 1 amide bonds. The van der Waals surface area contributed by atoms with E-state index >= 15 is 0 Å². The predicted octanol–water partition coefficient (Wildman–Crippen LogP) is 3.36. The summed E-state index contributed by atoms with van der Waals surface area (Å²) in [6, 6.07) is 10.6. The number of hydrogen-bond donors (Lipinski definition) is 1. The van der Waals surface area contributed by atoms with Crippen molar-refractivity contribution < 1.29 is 9.53 Å². The first-order valence-electron chi connectivity index (χ1n) is 7.12. The summed E-state index contributed by atoms with van der Waals surface area (Å²) in [6.45, 7) is 0.311. The molecule has 1 N–H and O–H groups in total. The van der Waals surface area contributed by atoms with Crippen LogP contribution in [0.5, 0.6) is 5.75 Å². The second kappa shape index (κ2) is 7.52. The standard InChI is InChI=1S/C17H13ClN4O2/c18-14-9-12(22-17(23)15-10-19-7-8-21-15)4-5-16(14)24-11-13-3-1-2-6-20-13/h1-10H,11H2,(H,22,23). The Kier molecular flexibility index (Phi) is 4.98. The van der Waals surface area contributed by atoms with E-state index in [0.717, 1.165) is 5.69 Å². The van der Waals surface area contributed by atoms with E-state index in [4.69, 9.17) is 16.3 Å². The molecular weight excluding hydrogens is 328 g/mol. The van der Waals surface area contributed by atoms with Gasteiger partial charge >= 0.3 is 0 Å². The lowest BCUT2D eigenvalue weighted by Crippen LogP contribution is -2.13. The molecule has 2 aromatic heterocycles. The molecule has 120 valence electrons. The maximum atomic E-state index is 12.0. The number of nitrogens with zero attached hydrogens (tertiary/aromatic N) is 3. The van der Waals surface area contributed by atoms with Crippen LogP contribution in [0.15, 0.2) is 61.2 Å².